The Balaban J connectivity index is 2.22. The molecule has 1 aromatic carbocycles. The maximum absolute atomic E-state index is 8.62. The highest BCUT2D eigenvalue weighted by molar-refractivity contribution is 5.56. The molecule has 3 heteroatoms. The first kappa shape index (κ1) is 12.3. The maximum atomic E-state index is 8.62. The Morgan fingerprint density at radius 1 is 1.11 bits per heavy atom. The van der Waals surface area contributed by atoms with Gasteiger partial charge in [0.15, 0.2) is 5.82 Å². The summed E-state index contributed by atoms with van der Waals surface area (Å²) in [6.45, 7) is 1.95. The summed E-state index contributed by atoms with van der Waals surface area (Å²) < 4.78 is 0. The molecular weight excluding hydrogens is 224 g/mol. The van der Waals surface area contributed by atoms with Crippen molar-refractivity contribution in [3.8, 4) is 23.2 Å². The number of nitrogens with zero attached hydrogens (tertiary/aromatic N) is 2. The fourth-order valence-electron chi connectivity index (χ4n) is 1.53. The first-order chi connectivity index (χ1) is 8.83. The number of rotatable bonds is 2. The number of benzene rings is 1. The monoisotopic (exact) mass is 238 g/mol. The van der Waals surface area contributed by atoms with Crippen LogP contribution in [0.25, 0.3) is 11.4 Å². The SMILES string of the molecule is CCc1cnc(-c2ccc(C#CCO)cc2)nc1. The smallest absolute Gasteiger partial charge is 0.159 e. The van der Waals surface area contributed by atoms with Gasteiger partial charge in [-0.05, 0) is 36.2 Å². The van der Waals surface area contributed by atoms with Crippen molar-refractivity contribution in [2.45, 2.75) is 13.3 Å². The van der Waals surface area contributed by atoms with Crippen molar-refractivity contribution in [1.82, 2.24) is 9.97 Å². The summed E-state index contributed by atoms with van der Waals surface area (Å²) in [5.41, 5.74) is 2.97. The van der Waals surface area contributed by atoms with Gasteiger partial charge in [-0.3, -0.25) is 0 Å². The van der Waals surface area contributed by atoms with Gasteiger partial charge in [0.2, 0.25) is 0 Å². The van der Waals surface area contributed by atoms with Gasteiger partial charge >= 0.3 is 0 Å². The Hall–Kier alpha value is -2.18. The van der Waals surface area contributed by atoms with Gasteiger partial charge < -0.3 is 5.11 Å². The lowest BCUT2D eigenvalue weighted by Gasteiger charge is -2.01. The van der Waals surface area contributed by atoms with Gasteiger partial charge in [-0.1, -0.05) is 18.8 Å². The highest BCUT2D eigenvalue weighted by atomic mass is 16.2. The average Bonchev–Trinajstić information content (AvgIpc) is 2.46. The molecule has 3 nitrogen and oxygen atoms in total. The lowest BCUT2D eigenvalue weighted by molar-refractivity contribution is 0.350. The molecule has 0 saturated carbocycles. The van der Waals surface area contributed by atoms with Crippen molar-refractivity contribution >= 4 is 0 Å². The second kappa shape index (κ2) is 5.95. The van der Waals surface area contributed by atoms with Gasteiger partial charge in [0.05, 0.1) is 0 Å². The summed E-state index contributed by atoms with van der Waals surface area (Å²) >= 11 is 0. The van der Waals surface area contributed by atoms with E-state index in [1.807, 2.05) is 36.7 Å². The van der Waals surface area contributed by atoms with E-state index in [9.17, 15) is 0 Å². The minimum atomic E-state index is -0.122. The van der Waals surface area contributed by atoms with Crippen LogP contribution in [-0.4, -0.2) is 21.7 Å². The van der Waals surface area contributed by atoms with Crippen LogP contribution in [0.4, 0.5) is 0 Å². The van der Waals surface area contributed by atoms with Gasteiger partial charge in [0, 0.05) is 23.5 Å². The van der Waals surface area contributed by atoms with Gasteiger partial charge in [0.25, 0.3) is 0 Å². The Morgan fingerprint density at radius 3 is 2.33 bits per heavy atom. The third-order valence-corrected chi connectivity index (χ3v) is 2.57. The van der Waals surface area contributed by atoms with Gasteiger partial charge in [0.1, 0.15) is 6.61 Å². The fraction of sp³-hybridized carbons (Fsp3) is 0.200. The minimum Gasteiger partial charge on any atom is -0.384 e. The fourth-order valence-corrected chi connectivity index (χ4v) is 1.53. The summed E-state index contributed by atoms with van der Waals surface area (Å²) in [5.74, 6) is 6.18. The number of hydrogen-bond acceptors (Lipinski definition) is 3. The van der Waals surface area contributed by atoms with Crippen molar-refractivity contribution in [3.63, 3.8) is 0 Å². The van der Waals surface area contributed by atoms with Crippen LogP contribution in [0.1, 0.15) is 18.1 Å². The number of aryl methyl sites for hydroxylation is 1. The summed E-state index contributed by atoms with van der Waals surface area (Å²) in [4.78, 5) is 8.65. The second-order valence-corrected chi connectivity index (χ2v) is 3.81. The van der Waals surface area contributed by atoms with E-state index in [2.05, 4.69) is 28.7 Å². The van der Waals surface area contributed by atoms with E-state index < -0.39 is 0 Å². The van der Waals surface area contributed by atoms with Crippen LogP contribution in [0.15, 0.2) is 36.7 Å². The molecule has 0 aliphatic carbocycles. The third kappa shape index (κ3) is 2.93. The molecule has 0 amide bonds. The van der Waals surface area contributed by atoms with Crippen LogP contribution in [0.3, 0.4) is 0 Å². The Kier molecular flexibility index (Phi) is 4.06. The van der Waals surface area contributed by atoms with Crippen LogP contribution in [0, 0.1) is 11.8 Å². The molecule has 0 aliphatic heterocycles. The number of aromatic nitrogens is 2. The van der Waals surface area contributed by atoms with E-state index in [4.69, 9.17) is 5.11 Å². The van der Waals surface area contributed by atoms with Crippen LogP contribution in [-0.2, 0) is 6.42 Å². The number of aliphatic hydroxyl groups is 1. The molecule has 0 bridgehead atoms. The van der Waals surface area contributed by atoms with E-state index in [1.165, 1.54) is 0 Å². The molecule has 0 radical (unpaired) electrons. The molecular formula is C15H14N2O. The third-order valence-electron chi connectivity index (χ3n) is 2.57. The van der Waals surface area contributed by atoms with Crippen molar-refractivity contribution < 1.29 is 5.11 Å². The molecule has 0 aliphatic rings. The van der Waals surface area contributed by atoms with E-state index in [1.54, 1.807) is 0 Å². The second-order valence-electron chi connectivity index (χ2n) is 3.81. The molecule has 1 aromatic heterocycles. The largest absolute Gasteiger partial charge is 0.384 e. The molecule has 2 aromatic rings. The van der Waals surface area contributed by atoms with E-state index in [-0.39, 0.29) is 6.61 Å². The van der Waals surface area contributed by atoms with E-state index in [0.29, 0.717) is 5.82 Å². The Morgan fingerprint density at radius 2 is 1.78 bits per heavy atom. The minimum absolute atomic E-state index is 0.122. The molecule has 0 spiro atoms. The molecule has 0 atom stereocenters. The summed E-state index contributed by atoms with van der Waals surface area (Å²) in [6, 6.07) is 7.66. The first-order valence-corrected chi connectivity index (χ1v) is 5.84. The van der Waals surface area contributed by atoms with Gasteiger partial charge in [-0.15, -0.1) is 0 Å². The number of hydrogen-bond donors (Lipinski definition) is 1. The van der Waals surface area contributed by atoms with Crippen LogP contribution < -0.4 is 0 Å². The van der Waals surface area contributed by atoms with Gasteiger partial charge in [-0.25, -0.2) is 9.97 Å². The highest BCUT2D eigenvalue weighted by Gasteiger charge is 2.00. The predicted molar refractivity (Wildman–Crippen MR) is 70.8 cm³/mol. The normalized spacial score (nSPS) is 9.67. The molecule has 2 rings (SSSR count). The van der Waals surface area contributed by atoms with E-state index in [0.717, 1.165) is 23.1 Å². The predicted octanol–water partition coefficient (Wildman–Crippen LogP) is 2.05. The van der Waals surface area contributed by atoms with Crippen molar-refractivity contribution in [2.24, 2.45) is 0 Å². The first-order valence-electron chi connectivity index (χ1n) is 5.84. The van der Waals surface area contributed by atoms with Crippen LogP contribution in [0.5, 0.6) is 0 Å². The zero-order valence-corrected chi connectivity index (χ0v) is 10.2. The number of aliphatic hydroxyl groups excluding tert-OH is 1. The topological polar surface area (TPSA) is 46.0 Å². The quantitative estimate of drug-likeness (QED) is 0.814. The summed E-state index contributed by atoms with van der Waals surface area (Å²) in [7, 11) is 0. The molecule has 0 saturated heterocycles. The van der Waals surface area contributed by atoms with Crippen LogP contribution >= 0.6 is 0 Å². The molecule has 1 N–H and O–H groups in total. The summed E-state index contributed by atoms with van der Waals surface area (Å²) in [5, 5.41) is 8.62. The standard InChI is InChI=1S/C15H14N2O/c1-2-12-10-16-15(17-11-12)14-7-5-13(6-8-14)4-3-9-18/h5-8,10-11,18H,2,9H2,1H3. The van der Waals surface area contributed by atoms with Crippen molar-refractivity contribution in [3.05, 3.63) is 47.8 Å². The van der Waals surface area contributed by atoms with Gasteiger partial charge in [-0.2, -0.15) is 0 Å². The van der Waals surface area contributed by atoms with Crippen molar-refractivity contribution in [2.75, 3.05) is 6.61 Å². The summed E-state index contributed by atoms with van der Waals surface area (Å²) in [6.07, 6.45) is 4.64. The Labute approximate surface area is 107 Å². The lowest BCUT2D eigenvalue weighted by atomic mass is 10.1. The molecule has 0 fully saturated rings. The Bertz CT molecular complexity index is 562. The van der Waals surface area contributed by atoms with E-state index >= 15 is 0 Å². The van der Waals surface area contributed by atoms with Crippen molar-refractivity contribution in [1.29, 1.82) is 0 Å². The average molecular weight is 238 g/mol. The molecule has 0 unspecified atom stereocenters. The highest BCUT2D eigenvalue weighted by Crippen LogP contribution is 2.15. The molecule has 1 heterocycles. The maximum Gasteiger partial charge on any atom is 0.159 e. The molecule has 18 heavy (non-hydrogen) atoms. The molecule has 90 valence electrons. The van der Waals surface area contributed by atoms with Crippen LogP contribution in [0.2, 0.25) is 0 Å². The zero-order chi connectivity index (χ0) is 12.8. The lowest BCUT2D eigenvalue weighted by Crippen LogP contribution is -1.91. The zero-order valence-electron chi connectivity index (χ0n) is 10.2.